The number of rotatable bonds is 5. The van der Waals surface area contributed by atoms with Gasteiger partial charge < -0.3 is 10.4 Å². The van der Waals surface area contributed by atoms with Crippen molar-refractivity contribution in [3.8, 4) is 0 Å². The Balaban J connectivity index is 2.76. The first-order chi connectivity index (χ1) is 7.52. The van der Waals surface area contributed by atoms with E-state index in [4.69, 9.17) is 5.11 Å². The molecule has 1 atom stereocenters. The monoisotopic (exact) mass is 241 g/mol. The molecular weight excluding hydrogens is 226 g/mol. The number of hydrogen-bond donors (Lipinski definition) is 2. The highest BCUT2D eigenvalue weighted by molar-refractivity contribution is 7.99. The van der Waals surface area contributed by atoms with Gasteiger partial charge in [0.1, 0.15) is 0 Å². The largest absolute Gasteiger partial charge is 0.477 e. The number of carboxylic acids is 1. The maximum absolute atomic E-state index is 10.8. The summed E-state index contributed by atoms with van der Waals surface area (Å²) in [5, 5.41) is 12.3. The van der Waals surface area contributed by atoms with E-state index in [1.54, 1.807) is 18.7 Å². The summed E-state index contributed by atoms with van der Waals surface area (Å²) in [6, 6.07) is 1.45. The maximum Gasteiger partial charge on any atom is 0.354 e. The molecule has 1 heterocycles. The van der Waals surface area contributed by atoms with Gasteiger partial charge in [0.2, 0.25) is 5.95 Å². The molecule has 0 fully saturated rings. The zero-order chi connectivity index (χ0) is 12.1. The van der Waals surface area contributed by atoms with E-state index in [-0.39, 0.29) is 5.69 Å². The number of nitrogens with zero attached hydrogens (tertiary/aromatic N) is 2. The van der Waals surface area contributed by atoms with E-state index in [0.29, 0.717) is 23.4 Å². The van der Waals surface area contributed by atoms with Gasteiger partial charge >= 0.3 is 5.97 Å². The summed E-state index contributed by atoms with van der Waals surface area (Å²) < 4.78 is 0. The molecule has 2 N–H and O–H groups in total. The molecule has 0 radical (unpaired) electrons. The van der Waals surface area contributed by atoms with Crippen LogP contribution in [0.15, 0.2) is 6.07 Å². The van der Waals surface area contributed by atoms with Gasteiger partial charge in [-0.25, -0.2) is 14.8 Å². The fourth-order valence-electron chi connectivity index (χ4n) is 1.08. The second-order valence-corrected chi connectivity index (χ2v) is 4.73. The van der Waals surface area contributed by atoms with Crippen molar-refractivity contribution in [2.24, 2.45) is 0 Å². The first kappa shape index (κ1) is 12.8. The Labute approximate surface area is 98.7 Å². The molecule has 0 aliphatic rings. The van der Waals surface area contributed by atoms with E-state index in [1.165, 1.54) is 6.07 Å². The number of anilines is 1. The van der Waals surface area contributed by atoms with Crippen molar-refractivity contribution in [1.82, 2.24) is 9.97 Å². The SMILES string of the molecule is CSC(C)CNc1nc(C)cc(C(=O)O)n1. The fourth-order valence-corrected chi connectivity index (χ4v) is 1.33. The molecule has 0 aliphatic heterocycles. The third-order valence-electron chi connectivity index (χ3n) is 2.02. The van der Waals surface area contributed by atoms with E-state index in [0.717, 1.165) is 0 Å². The van der Waals surface area contributed by atoms with Gasteiger partial charge in [0, 0.05) is 17.5 Å². The fraction of sp³-hybridized carbons (Fsp3) is 0.500. The lowest BCUT2D eigenvalue weighted by molar-refractivity contribution is 0.0690. The molecule has 0 aromatic carbocycles. The Morgan fingerprint density at radius 3 is 2.88 bits per heavy atom. The highest BCUT2D eigenvalue weighted by Crippen LogP contribution is 2.08. The van der Waals surface area contributed by atoms with Crippen LogP contribution in [-0.2, 0) is 0 Å². The quantitative estimate of drug-likeness (QED) is 0.816. The molecule has 1 aromatic rings. The Morgan fingerprint density at radius 1 is 1.62 bits per heavy atom. The van der Waals surface area contributed by atoms with Gasteiger partial charge in [0.05, 0.1) is 0 Å². The van der Waals surface area contributed by atoms with Crippen LogP contribution in [0.5, 0.6) is 0 Å². The van der Waals surface area contributed by atoms with Gasteiger partial charge in [-0.2, -0.15) is 11.8 Å². The van der Waals surface area contributed by atoms with Crippen LogP contribution in [0.3, 0.4) is 0 Å². The van der Waals surface area contributed by atoms with Gasteiger partial charge in [0.25, 0.3) is 0 Å². The lowest BCUT2D eigenvalue weighted by atomic mass is 10.3. The van der Waals surface area contributed by atoms with Crippen molar-refractivity contribution in [3.05, 3.63) is 17.5 Å². The van der Waals surface area contributed by atoms with E-state index in [9.17, 15) is 4.79 Å². The molecule has 88 valence electrons. The predicted molar refractivity (Wildman–Crippen MR) is 65.2 cm³/mol. The number of carboxylic acid groups (broad SMARTS) is 1. The van der Waals surface area contributed by atoms with Crippen LogP contribution in [0.1, 0.15) is 23.1 Å². The van der Waals surface area contributed by atoms with E-state index in [2.05, 4.69) is 22.2 Å². The first-order valence-electron chi connectivity index (χ1n) is 4.88. The summed E-state index contributed by atoms with van der Waals surface area (Å²) in [5.41, 5.74) is 0.665. The average molecular weight is 241 g/mol. The molecule has 0 aliphatic carbocycles. The minimum atomic E-state index is -1.04. The van der Waals surface area contributed by atoms with Crippen LogP contribution in [0.4, 0.5) is 5.95 Å². The van der Waals surface area contributed by atoms with E-state index in [1.807, 2.05) is 6.26 Å². The summed E-state index contributed by atoms with van der Waals surface area (Å²) >= 11 is 1.72. The molecule has 0 saturated heterocycles. The molecule has 16 heavy (non-hydrogen) atoms. The standard InChI is InChI=1S/C10H15N3O2S/c1-6-4-8(9(14)15)13-10(12-6)11-5-7(2)16-3/h4,7H,5H2,1-3H3,(H,14,15)(H,11,12,13). The minimum absolute atomic E-state index is 0.0202. The van der Waals surface area contributed by atoms with Gasteiger partial charge in [-0.15, -0.1) is 0 Å². The van der Waals surface area contributed by atoms with Gasteiger partial charge in [-0.05, 0) is 19.2 Å². The molecule has 0 spiro atoms. The van der Waals surface area contributed by atoms with Crippen molar-refractivity contribution in [3.63, 3.8) is 0 Å². The van der Waals surface area contributed by atoms with E-state index < -0.39 is 5.97 Å². The lowest BCUT2D eigenvalue weighted by Gasteiger charge is -2.10. The molecule has 6 heteroatoms. The molecule has 0 bridgehead atoms. The zero-order valence-electron chi connectivity index (χ0n) is 9.52. The van der Waals surface area contributed by atoms with Gasteiger partial charge in [-0.3, -0.25) is 0 Å². The molecule has 0 saturated carbocycles. The highest BCUT2D eigenvalue weighted by atomic mass is 32.2. The third kappa shape index (κ3) is 3.69. The number of carbonyl (C=O) groups is 1. The van der Waals surface area contributed by atoms with Crippen LogP contribution in [0.25, 0.3) is 0 Å². The molecular formula is C10H15N3O2S. The maximum atomic E-state index is 10.8. The molecule has 1 rings (SSSR count). The normalized spacial score (nSPS) is 12.2. The summed E-state index contributed by atoms with van der Waals surface area (Å²) in [6.45, 7) is 4.53. The topological polar surface area (TPSA) is 75.1 Å². The first-order valence-corrected chi connectivity index (χ1v) is 6.17. The number of aromatic carboxylic acids is 1. The van der Waals surface area contributed by atoms with Gasteiger partial charge in [-0.1, -0.05) is 6.92 Å². The molecule has 1 aromatic heterocycles. The van der Waals surface area contributed by atoms with Crippen molar-refractivity contribution in [2.45, 2.75) is 19.1 Å². The minimum Gasteiger partial charge on any atom is -0.477 e. The second-order valence-electron chi connectivity index (χ2n) is 3.45. The Morgan fingerprint density at radius 2 is 2.31 bits per heavy atom. The van der Waals surface area contributed by atoms with Crippen LogP contribution >= 0.6 is 11.8 Å². The van der Waals surface area contributed by atoms with Crippen LogP contribution < -0.4 is 5.32 Å². The predicted octanol–water partition coefficient (Wildman–Crippen LogP) is 1.65. The molecule has 1 unspecified atom stereocenters. The number of nitrogens with one attached hydrogen (secondary N) is 1. The van der Waals surface area contributed by atoms with Crippen molar-refractivity contribution >= 4 is 23.7 Å². The van der Waals surface area contributed by atoms with Crippen molar-refractivity contribution in [2.75, 3.05) is 18.1 Å². The Bertz CT molecular complexity index is 384. The van der Waals surface area contributed by atoms with Gasteiger partial charge in [0.15, 0.2) is 5.69 Å². The Kier molecular flexibility index (Phi) is 4.54. The summed E-state index contributed by atoms with van der Waals surface area (Å²) in [6.07, 6.45) is 2.02. The van der Waals surface area contributed by atoms with E-state index >= 15 is 0 Å². The van der Waals surface area contributed by atoms with Crippen LogP contribution in [0.2, 0.25) is 0 Å². The molecule has 0 amide bonds. The zero-order valence-corrected chi connectivity index (χ0v) is 10.3. The Hall–Kier alpha value is -1.30. The number of hydrogen-bond acceptors (Lipinski definition) is 5. The molecule has 5 nitrogen and oxygen atoms in total. The summed E-state index contributed by atoms with van der Waals surface area (Å²) in [4.78, 5) is 18.8. The average Bonchev–Trinajstić information content (AvgIpc) is 2.25. The lowest BCUT2D eigenvalue weighted by Crippen LogP contribution is -2.16. The van der Waals surface area contributed by atoms with Crippen LogP contribution in [-0.4, -0.2) is 39.1 Å². The second kappa shape index (κ2) is 5.69. The van der Waals surface area contributed by atoms with Crippen LogP contribution in [0, 0.1) is 6.92 Å². The summed E-state index contributed by atoms with van der Waals surface area (Å²) in [7, 11) is 0. The number of aromatic nitrogens is 2. The number of aryl methyl sites for hydroxylation is 1. The summed E-state index contributed by atoms with van der Waals surface area (Å²) in [5.74, 6) is -0.662. The number of thioether (sulfide) groups is 1. The highest BCUT2D eigenvalue weighted by Gasteiger charge is 2.08. The third-order valence-corrected chi connectivity index (χ3v) is 2.99. The smallest absolute Gasteiger partial charge is 0.354 e. The van der Waals surface area contributed by atoms with Crippen molar-refractivity contribution in [1.29, 1.82) is 0 Å². The van der Waals surface area contributed by atoms with Crippen molar-refractivity contribution < 1.29 is 9.90 Å².